The van der Waals surface area contributed by atoms with E-state index in [0.29, 0.717) is 70.4 Å². The topological polar surface area (TPSA) is 81.7 Å². The van der Waals surface area contributed by atoms with Gasteiger partial charge in [-0.25, -0.2) is 0 Å². The maximum Gasteiger partial charge on any atom is 0.305 e. The Labute approximate surface area is 325 Å². The molecule has 5 aromatic rings. The quantitative estimate of drug-likeness (QED) is 0.0576. The van der Waals surface area contributed by atoms with E-state index >= 15 is 0 Å². The van der Waals surface area contributed by atoms with Gasteiger partial charge in [-0.2, -0.15) is 0 Å². The molecule has 1 saturated heterocycles. The molecule has 6 rings (SSSR count). The van der Waals surface area contributed by atoms with E-state index in [0.717, 1.165) is 27.8 Å². The van der Waals surface area contributed by atoms with Gasteiger partial charge >= 0.3 is 5.97 Å². The first-order valence-corrected chi connectivity index (χ1v) is 19.3. The number of ether oxygens (including phenoxy) is 7. The second kappa shape index (κ2) is 21.2. The molecule has 0 aromatic heterocycles. The maximum absolute atomic E-state index is 12.0. The summed E-state index contributed by atoms with van der Waals surface area (Å²) < 4.78 is 45.3. The second-order valence-corrected chi connectivity index (χ2v) is 13.6. The van der Waals surface area contributed by atoms with Gasteiger partial charge < -0.3 is 33.2 Å². The summed E-state index contributed by atoms with van der Waals surface area (Å²) in [5.74, 6) is 1.09. The lowest BCUT2D eigenvalue weighted by atomic mass is 9.90. The molecule has 0 amide bonds. The molecule has 1 aliphatic rings. The molecule has 0 unspecified atom stereocenters. The normalized spacial score (nSPS) is 19.4. The van der Waals surface area contributed by atoms with Crippen LogP contribution in [0.2, 0.25) is 0 Å². The van der Waals surface area contributed by atoms with Crippen LogP contribution in [0, 0.1) is 0 Å². The Morgan fingerprint density at radius 3 is 1.64 bits per heavy atom. The van der Waals surface area contributed by atoms with E-state index in [1.165, 1.54) is 0 Å². The summed E-state index contributed by atoms with van der Waals surface area (Å²) >= 11 is 0. The zero-order valence-electron chi connectivity index (χ0n) is 31.8. The lowest BCUT2D eigenvalue weighted by Crippen LogP contribution is -2.56. The van der Waals surface area contributed by atoms with Crippen LogP contribution in [0.5, 0.6) is 11.5 Å². The molecular formula is C47H52O8. The minimum Gasteiger partial charge on any atom is -0.493 e. The number of benzene rings is 5. The molecule has 1 aliphatic heterocycles. The number of unbranched alkanes of at least 4 members (excludes halogenated alkanes) is 1. The highest BCUT2D eigenvalue weighted by molar-refractivity contribution is 5.69. The predicted octanol–water partition coefficient (Wildman–Crippen LogP) is 9.59. The third-order valence-electron chi connectivity index (χ3n) is 9.50. The first-order chi connectivity index (χ1) is 27.1. The van der Waals surface area contributed by atoms with Crippen LogP contribution < -0.4 is 9.47 Å². The number of hydrogen-bond acceptors (Lipinski definition) is 8. The second-order valence-electron chi connectivity index (χ2n) is 13.6. The minimum absolute atomic E-state index is 0.201. The molecule has 5 atom stereocenters. The average Bonchev–Trinajstić information content (AvgIpc) is 3.22. The van der Waals surface area contributed by atoms with E-state index in [2.05, 4.69) is 24.3 Å². The molecule has 1 fully saturated rings. The summed E-state index contributed by atoms with van der Waals surface area (Å²) in [6.07, 6.45) is -0.813. The molecule has 8 heteroatoms. The van der Waals surface area contributed by atoms with E-state index in [9.17, 15) is 4.79 Å². The van der Waals surface area contributed by atoms with Crippen LogP contribution in [0.1, 0.15) is 67.0 Å². The van der Waals surface area contributed by atoms with Crippen molar-refractivity contribution in [3.8, 4) is 11.5 Å². The number of carbonyl (C=O) groups excluding carboxylic acids is 1. The van der Waals surface area contributed by atoms with E-state index in [4.69, 9.17) is 33.2 Å². The molecule has 0 bridgehead atoms. The Balaban J connectivity index is 1.31. The standard InChI is InChI=1S/C47H52O8/c1-3-49-43(48)26-16-17-29-50-42-30-40(51-31-36-18-8-4-9-19-36)27-28-41(42)45-47(54-34-39-24-14-7-15-25-39)46(53-33-38-22-12-6-13-23-38)44(35(2)55-45)52-32-37-20-10-5-11-21-37/h4-15,18-25,27-28,30,35,44-47H,3,16-17,26,29,31-34H2,1-2H3/t35-,44+,45+,46+,47+/m0/s1. The zero-order valence-corrected chi connectivity index (χ0v) is 31.8. The van der Waals surface area contributed by atoms with Crippen LogP contribution in [0.25, 0.3) is 0 Å². The Kier molecular flexibility index (Phi) is 15.3. The van der Waals surface area contributed by atoms with E-state index in [1.54, 1.807) is 0 Å². The van der Waals surface area contributed by atoms with Gasteiger partial charge in [0.05, 0.1) is 39.1 Å². The lowest BCUT2D eigenvalue weighted by molar-refractivity contribution is -0.264. The van der Waals surface area contributed by atoms with Crippen molar-refractivity contribution in [2.75, 3.05) is 13.2 Å². The van der Waals surface area contributed by atoms with Crippen molar-refractivity contribution in [1.82, 2.24) is 0 Å². The third kappa shape index (κ3) is 12.0. The fraction of sp³-hybridized carbons (Fsp3) is 0.340. The van der Waals surface area contributed by atoms with Crippen LogP contribution in [0.15, 0.2) is 140 Å². The largest absolute Gasteiger partial charge is 0.493 e. The maximum atomic E-state index is 12.0. The smallest absolute Gasteiger partial charge is 0.305 e. The van der Waals surface area contributed by atoms with Gasteiger partial charge in [0.15, 0.2) is 0 Å². The van der Waals surface area contributed by atoms with Crippen molar-refractivity contribution in [3.63, 3.8) is 0 Å². The van der Waals surface area contributed by atoms with Gasteiger partial charge in [0, 0.05) is 18.1 Å². The molecule has 0 saturated carbocycles. The summed E-state index contributed by atoms with van der Waals surface area (Å²) in [4.78, 5) is 12.0. The summed E-state index contributed by atoms with van der Waals surface area (Å²) in [5.41, 5.74) is 5.02. The van der Waals surface area contributed by atoms with Crippen LogP contribution >= 0.6 is 0 Å². The van der Waals surface area contributed by atoms with Gasteiger partial charge in [-0.05, 0) is 61.1 Å². The number of esters is 1. The minimum atomic E-state index is -0.580. The molecule has 5 aromatic carbocycles. The van der Waals surface area contributed by atoms with Crippen LogP contribution in [-0.2, 0) is 54.9 Å². The monoisotopic (exact) mass is 744 g/mol. The molecular weight excluding hydrogens is 693 g/mol. The van der Waals surface area contributed by atoms with Gasteiger partial charge in [0.2, 0.25) is 0 Å². The molecule has 288 valence electrons. The molecule has 0 aliphatic carbocycles. The van der Waals surface area contributed by atoms with E-state index in [1.807, 2.05) is 129 Å². The van der Waals surface area contributed by atoms with Crippen LogP contribution in [-0.4, -0.2) is 43.6 Å². The van der Waals surface area contributed by atoms with Crippen molar-refractivity contribution in [2.24, 2.45) is 0 Å². The SMILES string of the molecule is CCOC(=O)CCCCOc1cc(OCc2ccccc2)ccc1[C@H]1O[C@@H](C)[C@@H](OCc2ccccc2)[C@@H](OCc2ccccc2)[C@@H]1OCc1ccccc1. The third-order valence-corrected chi connectivity index (χ3v) is 9.50. The number of carbonyl (C=O) groups is 1. The molecule has 0 radical (unpaired) electrons. The van der Waals surface area contributed by atoms with Gasteiger partial charge in [-0.3, -0.25) is 4.79 Å². The number of rotatable bonds is 20. The van der Waals surface area contributed by atoms with Gasteiger partial charge in [-0.1, -0.05) is 121 Å². The summed E-state index contributed by atoms with van der Waals surface area (Å²) in [6.45, 7) is 6.13. The molecule has 0 N–H and O–H groups in total. The number of hydrogen-bond donors (Lipinski definition) is 0. The fourth-order valence-corrected chi connectivity index (χ4v) is 6.66. The summed E-state index contributed by atoms with van der Waals surface area (Å²) in [5, 5.41) is 0. The Morgan fingerprint density at radius 2 is 1.09 bits per heavy atom. The highest BCUT2D eigenvalue weighted by atomic mass is 16.6. The van der Waals surface area contributed by atoms with Gasteiger partial charge in [0.1, 0.15) is 42.5 Å². The predicted molar refractivity (Wildman–Crippen MR) is 212 cm³/mol. The first kappa shape index (κ1) is 39.7. The van der Waals surface area contributed by atoms with E-state index in [-0.39, 0.29) is 12.1 Å². The van der Waals surface area contributed by atoms with Crippen LogP contribution in [0.4, 0.5) is 0 Å². The van der Waals surface area contributed by atoms with Crippen LogP contribution in [0.3, 0.4) is 0 Å². The van der Waals surface area contributed by atoms with E-state index < -0.39 is 24.4 Å². The van der Waals surface area contributed by atoms with Gasteiger partial charge in [-0.15, -0.1) is 0 Å². The summed E-state index contributed by atoms with van der Waals surface area (Å²) in [6, 6.07) is 46.3. The zero-order chi connectivity index (χ0) is 38.1. The Bertz CT molecular complexity index is 1840. The summed E-state index contributed by atoms with van der Waals surface area (Å²) in [7, 11) is 0. The van der Waals surface area contributed by atoms with Crippen molar-refractivity contribution in [3.05, 3.63) is 167 Å². The fourth-order valence-electron chi connectivity index (χ4n) is 6.66. The highest BCUT2D eigenvalue weighted by Gasteiger charge is 2.48. The highest BCUT2D eigenvalue weighted by Crippen LogP contribution is 2.42. The lowest BCUT2D eigenvalue weighted by Gasteiger charge is -2.46. The van der Waals surface area contributed by atoms with Crippen molar-refractivity contribution in [1.29, 1.82) is 0 Å². The first-order valence-electron chi connectivity index (χ1n) is 19.3. The van der Waals surface area contributed by atoms with Crippen molar-refractivity contribution < 1.29 is 38.0 Å². The Hall–Kier alpha value is -4.99. The van der Waals surface area contributed by atoms with Crippen molar-refractivity contribution >= 4 is 5.97 Å². The Morgan fingerprint density at radius 1 is 0.582 bits per heavy atom. The molecule has 0 spiro atoms. The molecule has 8 nitrogen and oxygen atoms in total. The average molecular weight is 745 g/mol. The molecule has 1 heterocycles. The molecule has 55 heavy (non-hydrogen) atoms. The van der Waals surface area contributed by atoms with Crippen molar-refractivity contribution in [2.45, 2.75) is 90.1 Å². The van der Waals surface area contributed by atoms with Gasteiger partial charge in [0.25, 0.3) is 0 Å².